The SMILES string of the molecule is CC(C)c1cc2c(cn1)CNC2=O. The Balaban J connectivity index is 2.48. The van der Waals surface area contributed by atoms with Gasteiger partial charge >= 0.3 is 0 Å². The van der Waals surface area contributed by atoms with Crippen LogP contribution < -0.4 is 5.32 Å². The lowest BCUT2D eigenvalue weighted by Crippen LogP contribution is -2.12. The third-order valence-electron chi connectivity index (χ3n) is 2.28. The molecule has 3 heteroatoms. The van der Waals surface area contributed by atoms with Gasteiger partial charge in [0.05, 0.1) is 0 Å². The van der Waals surface area contributed by atoms with E-state index in [1.54, 1.807) is 6.20 Å². The predicted molar refractivity (Wildman–Crippen MR) is 49.5 cm³/mol. The molecule has 1 N–H and O–H groups in total. The third kappa shape index (κ3) is 1.30. The van der Waals surface area contributed by atoms with Crippen molar-refractivity contribution in [3.05, 3.63) is 29.1 Å². The van der Waals surface area contributed by atoms with Gasteiger partial charge in [0.15, 0.2) is 0 Å². The van der Waals surface area contributed by atoms with Crippen molar-refractivity contribution in [2.45, 2.75) is 26.3 Å². The summed E-state index contributed by atoms with van der Waals surface area (Å²) in [4.78, 5) is 15.6. The number of nitrogens with zero attached hydrogens (tertiary/aromatic N) is 1. The van der Waals surface area contributed by atoms with Gasteiger partial charge in [-0.05, 0) is 12.0 Å². The van der Waals surface area contributed by atoms with Crippen molar-refractivity contribution in [1.29, 1.82) is 0 Å². The molecule has 1 amide bonds. The number of nitrogens with one attached hydrogen (secondary N) is 1. The maximum atomic E-state index is 11.3. The van der Waals surface area contributed by atoms with Crippen molar-refractivity contribution in [3.8, 4) is 0 Å². The molecule has 68 valence electrons. The molecule has 0 radical (unpaired) electrons. The van der Waals surface area contributed by atoms with Crippen LogP contribution in [0.15, 0.2) is 12.3 Å². The van der Waals surface area contributed by atoms with Crippen molar-refractivity contribution in [3.63, 3.8) is 0 Å². The van der Waals surface area contributed by atoms with Gasteiger partial charge in [-0.15, -0.1) is 0 Å². The molecule has 0 bridgehead atoms. The van der Waals surface area contributed by atoms with Gasteiger partial charge in [-0.2, -0.15) is 0 Å². The standard InChI is InChI=1S/C10H12N2O/c1-6(2)9-3-8-7(4-11-9)5-12-10(8)13/h3-4,6H,5H2,1-2H3,(H,12,13). The van der Waals surface area contributed by atoms with E-state index in [0.29, 0.717) is 12.5 Å². The molecule has 13 heavy (non-hydrogen) atoms. The van der Waals surface area contributed by atoms with E-state index in [0.717, 1.165) is 16.8 Å². The average Bonchev–Trinajstić information content (AvgIpc) is 2.47. The van der Waals surface area contributed by atoms with E-state index in [2.05, 4.69) is 24.1 Å². The second kappa shape index (κ2) is 2.83. The fourth-order valence-corrected chi connectivity index (χ4v) is 1.44. The van der Waals surface area contributed by atoms with Crippen LogP contribution in [0.1, 0.15) is 41.4 Å². The van der Waals surface area contributed by atoms with E-state index >= 15 is 0 Å². The first-order valence-electron chi connectivity index (χ1n) is 4.45. The molecule has 0 saturated heterocycles. The van der Waals surface area contributed by atoms with E-state index in [9.17, 15) is 4.79 Å². The van der Waals surface area contributed by atoms with Crippen LogP contribution in [0.2, 0.25) is 0 Å². The van der Waals surface area contributed by atoms with E-state index in [1.165, 1.54) is 0 Å². The molecule has 0 saturated carbocycles. The summed E-state index contributed by atoms with van der Waals surface area (Å²) in [5.74, 6) is 0.401. The number of hydrogen-bond donors (Lipinski definition) is 1. The van der Waals surface area contributed by atoms with Crippen LogP contribution in [0.25, 0.3) is 0 Å². The number of hydrogen-bond acceptors (Lipinski definition) is 2. The Morgan fingerprint density at radius 1 is 1.54 bits per heavy atom. The Morgan fingerprint density at radius 2 is 2.31 bits per heavy atom. The van der Waals surface area contributed by atoms with Gasteiger partial charge in [0, 0.05) is 29.6 Å². The van der Waals surface area contributed by atoms with Crippen LogP contribution in [0.5, 0.6) is 0 Å². The Morgan fingerprint density at radius 3 is 3.00 bits per heavy atom. The van der Waals surface area contributed by atoms with Crippen LogP contribution in [-0.4, -0.2) is 10.9 Å². The fourth-order valence-electron chi connectivity index (χ4n) is 1.44. The molecule has 3 nitrogen and oxygen atoms in total. The molecule has 1 aromatic rings. The van der Waals surface area contributed by atoms with Gasteiger partial charge in [0.1, 0.15) is 0 Å². The predicted octanol–water partition coefficient (Wildman–Crippen LogP) is 1.45. The Labute approximate surface area is 77.2 Å². The first kappa shape index (κ1) is 8.23. The lowest BCUT2D eigenvalue weighted by Gasteiger charge is -2.04. The highest BCUT2D eigenvalue weighted by Gasteiger charge is 2.19. The number of carbonyl (C=O) groups is 1. The number of fused-ring (bicyclic) bond motifs is 1. The van der Waals surface area contributed by atoms with Crippen molar-refractivity contribution < 1.29 is 4.79 Å². The van der Waals surface area contributed by atoms with Crippen LogP contribution >= 0.6 is 0 Å². The summed E-state index contributed by atoms with van der Waals surface area (Å²) in [7, 11) is 0. The molecule has 1 aliphatic rings. The number of amides is 1. The van der Waals surface area contributed by atoms with Gasteiger partial charge in [-0.25, -0.2) is 0 Å². The van der Waals surface area contributed by atoms with Crippen LogP contribution in [0, 0.1) is 0 Å². The van der Waals surface area contributed by atoms with Crippen molar-refractivity contribution in [2.24, 2.45) is 0 Å². The van der Waals surface area contributed by atoms with E-state index in [-0.39, 0.29) is 5.91 Å². The Bertz CT molecular complexity index is 358. The molecule has 0 spiro atoms. The van der Waals surface area contributed by atoms with Gasteiger partial charge in [0.25, 0.3) is 5.91 Å². The maximum absolute atomic E-state index is 11.3. The van der Waals surface area contributed by atoms with Gasteiger partial charge < -0.3 is 5.32 Å². The number of aromatic nitrogens is 1. The summed E-state index contributed by atoms with van der Waals surface area (Å²) in [6, 6.07) is 1.89. The summed E-state index contributed by atoms with van der Waals surface area (Å²) in [5.41, 5.74) is 2.78. The maximum Gasteiger partial charge on any atom is 0.252 e. The van der Waals surface area contributed by atoms with Crippen molar-refractivity contribution in [2.75, 3.05) is 0 Å². The number of carbonyl (C=O) groups excluding carboxylic acids is 1. The van der Waals surface area contributed by atoms with Crippen LogP contribution in [0.4, 0.5) is 0 Å². The second-order valence-electron chi connectivity index (χ2n) is 3.60. The van der Waals surface area contributed by atoms with Crippen LogP contribution in [0.3, 0.4) is 0 Å². The smallest absolute Gasteiger partial charge is 0.252 e. The first-order valence-corrected chi connectivity index (χ1v) is 4.45. The minimum absolute atomic E-state index is 0.0271. The third-order valence-corrected chi connectivity index (χ3v) is 2.28. The molecule has 0 aliphatic carbocycles. The van der Waals surface area contributed by atoms with E-state index in [1.807, 2.05) is 6.07 Å². The molecule has 2 rings (SSSR count). The number of rotatable bonds is 1. The minimum Gasteiger partial charge on any atom is -0.348 e. The summed E-state index contributed by atoms with van der Waals surface area (Å²) < 4.78 is 0. The molecule has 0 fully saturated rings. The van der Waals surface area contributed by atoms with Crippen LogP contribution in [-0.2, 0) is 6.54 Å². The minimum atomic E-state index is 0.0271. The van der Waals surface area contributed by atoms with Gasteiger partial charge in [0.2, 0.25) is 0 Å². The highest BCUT2D eigenvalue weighted by molar-refractivity contribution is 5.98. The monoisotopic (exact) mass is 176 g/mol. The van der Waals surface area contributed by atoms with Gasteiger partial charge in [-0.3, -0.25) is 9.78 Å². The Hall–Kier alpha value is -1.38. The molecular formula is C10H12N2O. The fraction of sp³-hybridized carbons (Fsp3) is 0.400. The second-order valence-corrected chi connectivity index (χ2v) is 3.60. The highest BCUT2D eigenvalue weighted by atomic mass is 16.1. The zero-order valence-electron chi connectivity index (χ0n) is 7.79. The summed E-state index contributed by atoms with van der Waals surface area (Å²) in [6.07, 6.45) is 1.79. The lowest BCUT2D eigenvalue weighted by atomic mass is 10.1. The molecule has 0 aromatic carbocycles. The number of pyridine rings is 1. The molecular weight excluding hydrogens is 164 g/mol. The van der Waals surface area contributed by atoms with Crippen molar-refractivity contribution in [1.82, 2.24) is 10.3 Å². The molecule has 0 atom stereocenters. The van der Waals surface area contributed by atoms with E-state index < -0.39 is 0 Å². The largest absolute Gasteiger partial charge is 0.348 e. The molecule has 1 aliphatic heterocycles. The highest BCUT2D eigenvalue weighted by Crippen LogP contribution is 2.19. The van der Waals surface area contributed by atoms with Crippen molar-refractivity contribution >= 4 is 5.91 Å². The molecule has 2 heterocycles. The molecule has 1 aromatic heterocycles. The summed E-state index contributed by atoms with van der Waals surface area (Å²) in [6.45, 7) is 4.77. The summed E-state index contributed by atoms with van der Waals surface area (Å²) in [5, 5.41) is 2.77. The summed E-state index contributed by atoms with van der Waals surface area (Å²) >= 11 is 0. The first-order chi connectivity index (χ1) is 6.18. The Kier molecular flexibility index (Phi) is 1.79. The van der Waals surface area contributed by atoms with Gasteiger partial charge in [-0.1, -0.05) is 13.8 Å². The zero-order chi connectivity index (χ0) is 9.42. The zero-order valence-corrected chi connectivity index (χ0v) is 7.79. The average molecular weight is 176 g/mol. The lowest BCUT2D eigenvalue weighted by molar-refractivity contribution is 0.0965. The normalized spacial score (nSPS) is 14.5. The topological polar surface area (TPSA) is 42.0 Å². The van der Waals surface area contributed by atoms with E-state index in [4.69, 9.17) is 0 Å². The molecule has 0 unspecified atom stereocenters. The quantitative estimate of drug-likeness (QED) is 0.703.